The molecule has 1 aliphatic rings. The van der Waals surface area contributed by atoms with E-state index in [-0.39, 0.29) is 0 Å². The SMILES string of the molecule is CCN1CCCC1CN(Cc1cccnc1)Cc1cc(OC)c(OC)cc1C. The third-order valence-corrected chi connectivity index (χ3v) is 5.74. The monoisotopic (exact) mass is 383 g/mol. The zero-order valence-electron chi connectivity index (χ0n) is 17.6. The normalized spacial score (nSPS) is 17.2. The second-order valence-electron chi connectivity index (χ2n) is 7.59. The second-order valence-corrected chi connectivity index (χ2v) is 7.59. The van der Waals surface area contributed by atoms with E-state index in [4.69, 9.17) is 9.47 Å². The van der Waals surface area contributed by atoms with Crippen molar-refractivity contribution in [1.29, 1.82) is 0 Å². The number of aryl methyl sites for hydroxylation is 1. The van der Waals surface area contributed by atoms with E-state index in [1.165, 1.54) is 36.1 Å². The Balaban J connectivity index is 1.82. The fourth-order valence-corrected chi connectivity index (χ4v) is 4.19. The molecule has 5 nitrogen and oxygen atoms in total. The van der Waals surface area contributed by atoms with Crippen LogP contribution in [-0.4, -0.2) is 54.7 Å². The fraction of sp³-hybridized carbons (Fsp3) is 0.522. The minimum Gasteiger partial charge on any atom is -0.493 e. The van der Waals surface area contributed by atoms with Gasteiger partial charge in [-0.3, -0.25) is 14.8 Å². The first-order chi connectivity index (χ1) is 13.6. The van der Waals surface area contributed by atoms with Crippen LogP contribution in [0.25, 0.3) is 0 Å². The van der Waals surface area contributed by atoms with Gasteiger partial charge in [0.05, 0.1) is 14.2 Å². The number of likely N-dealkylation sites (N-methyl/N-ethyl adjacent to an activating group) is 1. The van der Waals surface area contributed by atoms with Crippen LogP contribution in [0.2, 0.25) is 0 Å². The number of aromatic nitrogens is 1. The molecule has 0 bridgehead atoms. The van der Waals surface area contributed by atoms with E-state index in [0.717, 1.165) is 37.7 Å². The van der Waals surface area contributed by atoms with Crippen molar-refractivity contribution >= 4 is 0 Å². The lowest BCUT2D eigenvalue weighted by Gasteiger charge is -2.31. The van der Waals surface area contributed by atoms with Crippen molar-refractivity contribution < 1.29 is 9.47 Å². The number of likely N-dealkylation sites (tertiary alicyclic amines) is 1. The molecule has 2 aromatic rings. The average molecular weight is 384 g/mol. The van der Waals surface area contributed by atoms with Gasteiger partial charge in [-0.15, -0.1) is 0 Å². The molecule has 5 heteroatoms. The smallest absolute Gasteiger partial charge is 0.161 e. The third-order valence-electron chi connectivity index (χ3n) is 5.74. The van der Waals surface area contributed by atoms with Crippen LogP contribution in [0.15, 0.2) is 36.7 Å². The molecule has 152 valence electrons. The highest BCUT2D eigenvalue weighted by Gasteiger charge is 2.25. The molecule has 0 spiro atoms. The third kappa shape index (κ3) is 5.03. The molecule has 3 rings (SSSR count). The molecule has 0 saturated carbocycles. The highest BCUT2D eigenvalue weighted by Crippen LogP contribution is 2.31. The van der Waals surface area contributed by atoms with E-state index in [1.54, 1.807) is 14.2 Å². The second kappa shape index (κ2) is 9.89. The number of rotatable bonds is 9. The van der Waals surface area contributed by atoms with Crippen LogP contribution in [0.1, 0.15) is 36.5 Å². The summed E-state index contributed by atoms with van der Waals surface area (Å²) in [5.41, 5.74) is 3.76. The maximum absolute atomic E-state index is 5.54. The average Bonchev–Trinajstić information content (AvgIpc) is 3.17. The van der Waals surface area contributed by atoms with Crippen LogP contribution in [0.3, 0.4) is 0 Å². The molecule has 0 amide bonds. The predicted molar refractivity (Wildman–Crippen MR) is 113 cm³/mol. The summed E-state index contributed by atoms with van der Waals surface area (Å²) in [4.78, 5) is 9.46. The molecular weight excluding hydrogens is 350 g/mol. The van der Waals surface area contributed by atoms with Crippen molar-refractivity contribution in [2.45, 2.75) is 45.8 Å². The van der Waals surface area contributed by atoms with E-state index in [9.17, 15) is 0 Å². The fourth-order valence-electron chi connectivity index (χ4n) is 4.19. The maximum atomic E-state index is 5.54. The molecule has 1 atom stereocenters. The number of hydrogen-bond acceptors (Lipinski definition) is 5. The van der Waals surface area contributed by atoms with Crippen molar-refractivity contribution in [3.63, 3.8) is 0 Å². The predicted octanol–water partition coefficient (Wildman–Crippen LogP) is 3.89. The van der Waals surface area contributed by atoms with Crippen LogP contribution in [0, 0.1) is 6.92 Å². The lowest BCUT2D eigenvalue weighted by molar-refractivity contribution is 0.165. The molecule has 0 radical (unpaired) electrons. The van der Waals surface area contributed by atoms with Gasteiger partial charge in [0.2, 0.25) is 0 Å². The van der Waals surface area contributed by atoms with Gasteiger partial charge in [-0.05, 0) is 67.7 Å². The lowest BCUT2D eigenvalue weighted by Crippen LogP contribution is -2.39. The largest absolute Gasteiger partial charge is 0.493 e. The molecule has 0 N–H and O–H groups in total. The summed E-state index contributed by atoms with van der Waals surface area (Å²) in [6.45, 7) is 9.61. The molecule has 1 aliphatic heterocycles. The Kier molecular flexibility index (Phi) is 7.29. The van der Waals surface area contributed by atoms with Crippen molar-refractivity contribution in [2.24, 2.45) is 0 Å². The van der Waals surface area contributed by atoms with E-state index < -0.39 is 0 Å². The van der Waals surface area contributed by atoms with Gasteiger partial charge in [0, 0.05) is 38.1 Å². The molecule has 1 unspecified atom stereocenters. The van der Waals surface area contributed by atoms with Gasteiger partial charge in [0.1, 0.15) is 0 Å². The number of ether oxygens (including phenoxy) is 2. The maximum Gasteiger partial charge on any atom is 0.161 e. The van der Waals surface area contributed by atoms with Crippen molar-refractivity contribution in [3.05, 3.63) is 53.3 Å². The van der Waals surface area contributed by atoms with Crippen molar-refractivity contribution in [2.75, 3.05) is 33.9 Å². The van der Waals surface area contributed by atoms with Gasteiger partial charge in [-0.2, -0.15) is 0 Å². The summed E-state index contributed by atoms with van der Waals surface area (Å²) in [5.74, 6) is 1.58. The molecule has 1 fully saturated rings. The van der Waals surface area contributed by atoms with E-state index in [1.807, 2.05) is 18.5 Å². The Hall–Kier alpha value is -2.11. The van der Waals surface area contributed by atoms with Crippen LogP contribution in [0.4, 0.5) is 0 Å². The quantitative estimate of drug-likeness (QED) is 0.657. The molecule has 2 heterocycles. The number of benzene rings is 1. The summed E-state index contributed by atoms with van der Waals surface area (Å²) < 4.78 is 11.0. The van der Waals surface area contributed by atoms with Gasteiger partial charge in [0.25, 0.3) is 0 Å². The number of nitrogens with zero attached hydrogens (tertiary/aromatic N) is 3. The van der Waals surface area contributed by atoms with Crippen LogP contribution in [-0.2, 0) is 13.1 Å². The van der Waals surface area contributed by atoms with Crippen molar-refractivity contribution in [1.82, 2.24) is 14.8 Å². The van der Waals surface area contributed by atoms with Gasteiger partial charge in [-0.25, -0.2) is 0 Å². The number of methoxy groups -OCH3 is 2. The Morgan fingerprint density at radius 2 is 1.96 bits per heavy atom. The molecule has 1 aromatic heterocycles. The van der Waals surface area contributed by atoms with Gasteiger partial charge in [-0.1, -0.05) is 13.0 Å². The Bertz CT molecular complexity index is 751. The van der Waals surface area contributed by atoms with E-state index in [2.05, 4.69) is 46.8 Å². The highest BCUT2D eigenvalue weighted by atomic mass is 16.5. The summed E-state index contributed by atoms with van der Waals surface area (Å²) in [6.07, 6.45) is 6.39. The van der Waals surface area contributed by atoms with E-state index in [0.29, 0.717) is 6.04 Å². The molecule has 1 aromatic carbocycles. The van der Waals surface area contributed by atoms with E-state index >= 15 is 0 Å². The minimum absolute atomic E-state index is 0.627. The van der Waals surface area contributed by atoms with Gasteiger partial charge in [0.15, 0.2) is 11.5 Å². The Morgan fingerprint density at radius 3 is 2.64 bits per heavy atom. The highest BCUT2D eigenvalue weighted by molar-refractivity contribution is 5.47. The first-order valence-corrected chi connectivity index (χ1v) is 10.2. The van der Waals surface area contributed by atoms with Crippen LogP contribution >= 0.6 is 0 Å². The zero-order valence-corrected chi connectivity index (χ0v) is 17.6. The van der Waals surface area contributed by atoms with Gasteiger partial charge < -0.3 is 9.47 Å². The molecule has 28 heavy (non-hydrogen) atoms. The summed E-state index contributed by atoms with van der Waals surface area (Å²) in [6, 6.07) is 9.00. The van der Waals surface area contributed by atoms with Crippen LogP contribution in [0.5, 0.6) is 11.5 Å². The topological polar surface area (TPSA) is 37.8 Å². The first-order valence-electron chi connectivity index (χ1n) is 10.2. The number of pyridine rings is 1. The minimum atomic E-state index is 0.627. The summed E-state index contributed by atoms with van der Waals surface area (Å²) >= 11 is 0. The first kappa shape index (κ1) is 20.6. The Morgan fingerprint density at radius 1 is 1.18 bits per heavy atom. The lowest BCUT2D eigenvalue weighted by atomic mass is 10.1. The summed E-state index contributed by atoms with van der Waals surface area (Å²) in [7, 11) is 3.38. The standard InChI is InChI=1S/C23H33N3O2/c1-5-26-11-7-9-21(26)17-25(15-19-8-6-10-24-14-19)16-20-13-23(28-4)22(27-3)12-18(20)2/h6,8,10,12-14,21H,5,7,9,11,15-17H2,1-4H3. The number of hydrogen-bond donors (Lipinski definition) is 0. The zero-order chi connectivity index (χ0) is 19.9. The Labute approximate surface area is 169 Å². The van der Waals surface area contributed by atoms with Gasteiger partial charge >= 0.3 is 0 Å². The molecule has 0 aliphatic carbocycles. The summed E-state index contributed by atoms with van der Waals surface area (Å²) in [5, 5.41) is 0. The van der Waals surface area contributed by atoms with Crippen molar-refractivity contribution in [3.8, 4) is 11.5 Å². The molecular formula is C23H33N3O2. The molecule has 1 saturated heterocycles. The van der Waals surface area contributed by atoms with Crippen LogP contribution < -0.4 is 9.47 Å².